The maximum absolute atomic E-state index is 14.3. The van der Waals surface area contributed by atoms with E-state index in [1.165, 1.54) is 18.2 Å². The quantitative estimate of drug-likeness (QED) is 0.718. The molecule has 2 saturated carbocycles. The molecule has 2 aliphatic heterocycles. The number of carbonyl (C=O) groups is 1. The van der Waals surface area contributed by atoms with Crippen LogP contribution in [0.2, 0.25) is 0 Å². The van der Waals surface area contributed by atoms with E-state index in [-0.39, 0.29) is 28.5 Å². The van der Waals surface area contributed by atoms with Gasteiger partial charge in [-0.3, -0.25) is 4.79 Å². The summed E-state index contributed by atoms with van der Waals surface area (Å²) in [5.74, 6) is -0.290. The zero-order chi connectivity index (χ0) is 21.3. The molecule has 0 radical (unpaired) electrons. The number of rotatable bonds is 3. The van der Waals surface area contributed by atoms with Crippen LogP contribution in [-0.4, -0.2) is 33.6 Å². The Bertz CT molecular complexity index is 997. The highest BCUT2D eigenvalue weighted by atomic mass is 19.1. The SMILES string of the molecule is CC1(C)[C@@H](c2cnnc(-c3c(F)cccc3F)c2)CC[C@]1(C)C(=O)N1CC2CC1C2. The van der Waals surface area contributed by atoms with Crippen molar-refractivity contribution in [1.29, 1.82) is 0 Å². The Labute approximate surface area is 175 Å². The third-order valence-corrected chi connectivity index (χ3v) is 8.36. The van der Waals surface area contributed by atoms with E-state index in [1.807, 2.05) is 0 Å². The summed E-state index contributed by atoms with van der Waals surface area (Å²) in [5.41, 5.74) is 0.139. The van der Waals surface area contributed by atoms with Crippen LogP contribution in [0.25, 0.3) is 11.3 Å². The predicted octanol–water partition coefficient (Wildman–Crippen LogP) is 4.95. The van der Waals surface area contributed by atoms with Crippen LogP contribution in [0.15, 0.2) is 30.5 Å². The first-order valence-electron chi connectivity index (χ1n) is 10.8. The van der Waals surface area contributed by atoms with Gasteiger partial charge in [-0.15, -0.1) is 0 Å². The topological polar surface area (TPSA) is 46.1 Å². The summed E-state index contributed by atoms with van der Waals surface area (Å²) in [6.45, 7) is 7.28. The molecular formula is C24H27F2N3O. The molecule has 1 amide bonds. The second-order valence-corrected chi connectivity index (χ2v) is 10.1. The number of nitrogens with zero attached hydrogens (tertiary/aromatic N) is 3. The number of amides is 1. The summed E-state index contributed by atoms with van der Waals surface area (Å²) in [6, 6.07) is 5.95. The molecule has 1 aromatic heterocycles. The lowest BCUT2D eigenvalue weighted by Gasteiger charge is -2.43. The van der Waals surface area contributed by atoms with Crippen LogP contribution in [0.4, 0.5) is 8.78 Å². The molecule has 2 aromatic rings. The largest absolute Gasteiger partial charge is 0.339 e. The van der Waals surface area contributed by atoms with Crippen molar-refractivity contribution < 1.29 is 13.6 Å². The van der Waals surface area contributed by atoms with E-state index in [0.29, 0.717) is 12.0 Å². The highest BCUT2D eigenvalue weighted by Gasteiger charge is 2.59. The van der Waals surface area contributed by atoms with E-state index >= 15 is 0 Å². The zero-order valence-electron chi connectivity index (χ0n) is 17.7. The number of aromatic nitrogens is 2. The van der Waals surface area contributed by atoms with Crippen molar-refractivity contribution in [3.8, 4) is 11.3 Å². The lowest BCUT2D eigenvalue weighted by molar-refractivity contribution is -0.147. The average molecular weight is 411 g/mol. The number of benzene rings is 1. The highest BCUT2D eigenvalue weighted by molar-refractivity contribution is 5.85. The van der Waals surface area contributed by atoms with Gasteiger partial charge in [0.25, 0.3) is 0 Å². The predicted molar refractivity (Wildman–Crippen MR) is 109 cm³/mol. The van der Waals surface area contributed by atoms with Gasteiger partial charge in [0.2, 0.25) is 5.91 Å². The molecule has 4 aliphatic rings. The van der Waals surface area contributed by atoms with Crippen molar-refractivity contribution in [3.05, 3.63) is 47.7 Å². The van der Waals surface area contributed by atoms with Crippen LogP contribution in [0.5, 0.6) is 0 Å². The van der Waals surface area contributed by atoms with Gasteiger partial charge in [0.1, 0.15) is 11.6 Å². The number of halogens is 2. The molecule has 4 fully saturated rings. The Morgan fingerprint density at radius 2 is 1.87 bits per heavy atom. The first-order chi connectivity index (χ1) is 14.2. The molecule has 0 N–H and O–H groups in total. The van der Waals surface area contributed by atoms with Gasteiger partial charge in [-0.25, -0.2) is 8.78 Å². The number of hydrogen-bond acceptors (Lipinski definition) is 3. The molecule has 6 heteroatoms. The molecule has 2 bridgehead atoms. The van der Waals surface area contributed by atoms with E-state index in [1.54, 1.807) is 12.3 Å². The fraction of sp³-hybridized carbons (Fsp3) is 0.542. The Hall–Kier alpha value is -2.37. The lowest BCUT2D eigenvalue weighted by Crippen LogP contribution is -2.49. The van der Waals surface area contributed by atoms with Crippen LogP contribution in [-0.2, 0) is 4.79 Å². The van der Waals surface area contributed by atoms with Crippen LogP contribution < -0.4 is 0 Å². The normalized spacial score (nSPS) is 31.6. The van der Waals surface area contributed by atoms with Gasteiger partial charge in [0.15, 0.2) is 0 Å². The maximum atomic E-state index is 14.3. The minimum atomic E-state index is -0.653. The standard InChI is InChI=1S/C24H27F2N3O/c1-23(2)17(7-8-24(23,3)22(30)29-13-14-9-16(29)10-14)15-11-20(28-27-12-15)21-18(25)5-4-6-19(21)26/h4-6,11-12,14,16-17H,7-10,13H2,1-3H3/t14?,16?,17-,24-/m1/s1. The van der Waals surface area contributed by atoms with Crippen molar-refractivity contribution in [2.24, 2.45) is 16.7 Å². The second kappa shape index (κ2) is 6.56. The molecule has 3 heterocycles. The summed E-state index contributed by atoms with van der Waals surface area (Å²) in [5, 5.41) is 8.06. The Kier molecular flexibility index (Phi) is 4.28. The molecule has 0 spiro atoms. The van der Waals surface area contributed by atoms with Crippen LogP contribution in [0.3, 0.4) is 0 Å². The van der Waals surface area contributed by atoms with Crippen molar-refractivity contribution in [2.45, 2.75) is 58.4 Å². The van der Waals surface area contributed by atoms with Gasteiger partial charge in [-0.1, -0.05) is 26.8 Å². The van der Waals surface area contributed by atoms with E-state index in [9.17, 15) is 13.6 Å². The van der Waals surface area contributed by atoms with Crippen molar-refractivity contribution in [3.63, 3.8) is 0 Å². The summed E-state index contributed by atoms with van der Waals surface area (Å²) in [6.07, 6.45) is 5.61. The fourth-order valence-corrected chi connectivity index (χ4v) is 6.00. The molecule has 1 aromatic carbocycles. The summed E-state index contributed by atoms with van der Waals surface area (Å²) >= 11 is 0. The maximum Gasteiger partial charge on any atom is 0.229 e. The summed E-state index contributed by atoms with van der Waals surface area (Å²) in [4.78, 5) is 15.7. The molecule has 30 heavy (non-hydrogen) atoms. The van der Waals surface area contributed by atoms with E-state index in [0.717, 1.165) is 37.8 Å². The summed E-state index contributed by atoms with van der Waals surface area (Å²) < 4.78 is 28.6. The molecule has 158 valence electrons. The third kappa shape index (κ3) is 2.65. The van der Waals surface area contributed by atoms with Gasteiger partial charge in [-0.05, 0) is 66.7 Å². The van der Waals surface area contributed by atoms with Gasteiger partial charge < -0.3 is 4.90 Å². The first-order valence-corrected chi connectivity index (χ1v) is 10.8. The highest BCUT2D eigenvalue weighted by Crippen LogP contribution is 2.61. The van der Waals surface area contributed by atoms with Crippen molar-refractivity contribution in [2.75, 3.05) is 6.54 Å². The second-order valence-electron chi connectivity index (χ2n) is 10.1. The Balaban J connectivity index is 1.48. The number of hydrogen-bond donors (Lipinski definition) is 0. The fourth-order valence-electron chi connectivity index (χ4n) is 6.00. The monoisotopic (exact) mass is 411 g/mol. The minimum Gasteiger partial charge on any atom is -0.339 e. The van der Waals surface area contributed by atoms with Crippen molar-refractivity contribution >= 4 is 5.91 Å². The number of carbonyl (C=O) groups excluding carboxylic acids is 1. The molecule has 2 atom stereocenters. The van der Waals surface area contributed by atoms with E-state index in [4.69, 9.17) is 0 Å². The molecule has 2 saturated heterocycles. The summed E-state index contributed by atoms with van der Waals surface area (Å²) in [7, 11) is 0. The van der Waals surface area contributed by atoms with E-state index in [2.05, 4.69) is 35.9 Å². The van der Waals surface area contributed by atoms with Crippen LogP contribution >= 0.6 is 0 Å². The molecule has 4 nitrogen and oxygen atoms in total. The van der Waals surface area contributed by atoms with Gasteiger partial charge in [0, 0.05) is 12.6 Å². The van der Waals surface area contributed by atoms with Crippen molar-refractivity contribution in [1.82, 2.24) is 15.1 Å². The third-order valence-electron chi connectivity index (χ3n) is 8.36. The van der Waals surface area contributed by atoms with Gasteiger partial charge >= 0.3 is 0 Å². The van der Waals surface area contributed by atoms with Gasteiger partial charge in [-0.2, -0.15) is 10.2 Å². The Morgan fingerprint density at radius 1 is 1.17 bits per heavy atom. The van der Waals surface area contributed by atoms with E-state index < -0.39 is 17.0 Å². The number of fused-ring (bicyclic) bond motifs is 1. The minimum absolute atomic E-state index is 0.0631. The Morgan fingerprint density at radius 3 is 2.50 bits per heavy atom. The van der Waals surface area contributed by atoms with Crippen LogP contribution in [0, 0.1) is 28.4 Å². The van der Waals surface area contributed by atoms with Gasteiger partial charge in [0.05, 0.1) is 22.9 Å². The van der Waals surface area contributed by atoms with Crippen LogP contribution in [0.1, 0.15) is 57.9 Å². The average Bonchev–Trinajstić information content (AvgIpc) is 3.34. The lowest BCUT2D eigenvalue weighted by atomic mass is 9.63. The molecule has 0 unspecified atom stereocenters. The smallest absolute Gasteiger partial charge is 0.229 e. The molecule has 6 rings (SSSR count). The molecule has 2 aliphatic carbocycles. The molecular weight excluding hydrogens is 384 g/mol. The zero-order valence-corrected chi connectivity index (χ0v) is 17.7. The first kappa shape index (κ1) is 19.6.